The first kappa shape index (κ1) is 13.7. The Morgan fingerprint density at radius 2 is 2.00 bits per heavy atom. The van der Waals surface area contributed by atoms with E-state index < -0.39 is 29.4 Å². The van der Waals surface area contributed by atoms with E-state index in [0.717, 1.165) is 0 Å². The van der Waals surface area contributed by atoms with Crippen LogP contribution in [0.4, 0.5) is 19.1 Å². The number of nitrogen functional groups attached to an aromatic ring is 1. The fourth-order valence-corrected chi connectivity index (χ4v) is 0.908. The predicted molar refractivity (Wildman–Crippen MR) is 50.4 cm³/mol. The summed E-state index contributed by atoms with van der Waals surface area (Å²) >= 11 is 0. The summed E-state index contributed by atoms with van der Waals surface area (Å²) in [6, 6.07) is 0. The van der Waals surface area contributed by atoms with Gasteiger partial charge >= 0.3 is 12.1 Å². The Balaban J connectivity index is 3.00. The van der Waals surface area contributed by atoms with Crippen molar-refractivity contribution in [1.82, 2.24) is 20.5 Å². The fraction of sp³-hybridized carbons (Fsp3) is 0.429. The van der Waals surface area contributed by atoms with Gasteiger partial charge < -0.3 is 16.2 Å². The summed E-state index contributed by atoms with van der Waals surface area (Å²) in [5.74, 6) is -4.62. The van der Waals surface area contributed by atoms with Crippen LogP contribution in [0, 0.1) is 0 Å². The van der Waals surface area contributed by atoms with E-state index in [4.69, 9.17) is 10.8 Å². The monoisotopic (exact) mass is 267 g/mol. The molecule has 1 unspecified atom stereocenters. The third kappa shape index (κ3) is 2.33. The molecule has 0 radical (unpaired) electrons. The number of carboxylic acid groups (broad SMARTS) is 1. The summed E-state index contributed by atoms with van der Waals surface area (Å²) in [6.45, 7) is 0.312. The Hall–Kier alpha value is -2.33. The van der Waals surface area contributed by atoms with Crippen molar-refractivity contribution in [1.29, 1.82) is 0 Å². The first-order chi connectivity index (χ1) is 8.08. The largest absolute Gasteiger partial charge is 0.479 e. The van der Waals surface area contributed by atoms with Crippen molar-refractivity contribution in [3.05, 3.63) is 5.82 Å². The molecule has 0 aliphatic rings. The van der Waals surface area contributed by atoms with Crippen molar-refractivity contribution in [3.63, 3.8) is 0 Å². The third-order valence-electron chi connectivity index (χ3n) is 2.08. The highest BCUT2D eigenvalue weighted by atomic mass is 19.4. The number of carbonyl (C=O) groups is 2. The lowest BCUT2D eigenvalue weighted by Gasteiger charge is -2.27. The van der Waals surface area contributed by atoms with Crippen molar-refractivity contribution in [2.24, 2.45) is 0 Å². The smallest absolute Gasteiger partial charge is 0.422 e. The number of nitrogens with one attached hydrogen (secondary N) is 2. The molecule has 0 fully saturated rings. The quantitative estimate of drug-likeness (QED) is 0.584. The highest BCUT2D eigenvalue weighted by molar-refractivity contribution is 5.95. The van der Waals surface area contributed by atoms with E-state index in [1.807, 2.05) is 5.10 Å². The molecular weight excluding hydrogens is 259 g/mol. The van der Waals surface area contributed by atoms with Crippen LogP contribution in [0.15, 0.2) is 0 Å². The molecule has 0 aromatic carbocycles. The number of alkyl halides is 3. The van der Waals surface area contributed by atoms with Crippen molar-refractivity contribution < 1.29 is 27.9 Å². The van der Waals surface area contributed by atoms with Crippen LogP contribution in [0.25, 0.3) is 0 Å². The van der Waals surface area contributed by atoms with Gasteiger partial charge in [-0.05, 0) is 6.92 Å². The maximum atomic E-state index is 12.6. The lowest BCUT2D eigenvalue weighted by Crippen LogP contribution is -2.62. The number of hydrogen-bond donors (Lipinski definition) is 4. The summed E-state index contributed by atoms with van der Waals surface area (Å²) in [5, 5.41) is 15.1. The Morgan fingerprint density at radius 3 is 2.33 bits per heavy atom. The average Bonchev–Trinajstić information content (AvgIpc) is 2.62. The number of nitrogens with two attached hydrogens (primary N) is 1. The minimum absolute atomic E-state index is 0.312. The van der Waals surface area contributed by atoms with Gasteiger partial charge in [-0.1, -0.05) is 0 Å². The zero-order valence-electron chi connectivity index (χ0n) is 8.87. The SMILES string of the molecule is CC(NC(=O)c1nc(N)n[nH]1)(C(=O)O)C(F)(F)F. The molecule has 0 bridgehead atoms. The lowest BCUT2D eigenvalue weighted by molar-refractivity contribution is -0.203. The Labute approximate surface area is 97.4 Å². The molecule has 100 valence electrons. The van der Waals surface area contributed by atoms with Crippen molar-refractivity contribution >= 4 is 17.8 Å². The number of rotatable bonds is 3. The van der Waals surface area contributed by atoms with Gasteiger partial charge in [0.25, 0.3) is 5.91 Å². The molecule has 0 spiro atoms. The predicted octanol–water partition coefficient (Wildman–Crippen LogP) is -0.478. The fourth-order valence-electron chi connectivity index (χ4n) is 0.908. The van der Waals surface area contributed by atoms with Crippen LogP contribution < -0.4 is 11.1 Å². The van der Waals surface area contributed by atoms with Crippen LogP contribution >= 0.6 is 0 Å². The van der Waals surface area contributed by atoms with Gasteiger partial charge in [-0.2, -0.15) is 18.2 Å². The maximum Gasteiger partial charge on any atom is 0.422 e. The molecule has 0 saturated heterocycles. The highest BCUT2D eigenvalue weighted by Crippen LogP contribution is 2.30. The van der Waals surface area contributed by atoms with Gasteiger partial charge in [-0.15, -0.1) is 5.10 Å². The van der Waals surface area contributed by atoms with Gasteiger partial charge in [0.15, 0.2) is 0 Å². The summed E-state index contributed by atoms with van der Waals surface area (Å²) in [5.41, 5.74) is 1.61. The van der Waals surface area contributed by atoms with Crippen LogP contribution in [0.3, 0.4) is 0 Å². The first-order valence-electron chi connectivity index (χ1n) is 4.38. The number of anilines is 1. The zero-order valence-corrected chi connectivity index (χ0v) is 8.87. The van der Waals surface area contributed by atoms with E-state index in [1.54, 1.807) is 0 Å². The molecule has 0 aliphatic heterocycles. The van der Waals surface area contributed by atoms with E-state index in [0.29, 0.717) is 6.92 Å². The third-order valence-corrected chi connectivity index (χ3v) is 2.08. The van der Waals surface area contributed by atoms with Crippen molar-refractivity contribution in [3.8, 4) is 0 Å². The molecule has 11 heteroatoms. The lowest BCUT2D eigenvalue weighted by atomic mass is 10.0. The normalized spacial score (nSPS) is 14.9. The summed E-state index contributed by atoms with van der Waals surface area (Å²) < 4.78 is 37.7. The Bertz CT molecular complexity index is 485. The molecular formula is C7H8F3N5O3. The zero-order chi connectivity index (χ0) is 14.1. The van der Waals surface area contributed by atoms with Gasteiger partial charge in [-0.3, -0.25) is 9.89 Å². The number of amides is 1. The topological polar surface area (TPSA) is 134 Å². The van der Waals surface area contributed by atoms with Gasteiger partial charge in [0.2, 0.25) is 17.3 Å². The van der Waals surface area contributed by atoms with E-state index in [-0.39, 0.29) is 5.95 Å². The first-order valence-corrected chi connectivity index (χ1v) is 4.38. The summed E-state index contributed by atoms with van der Waals surface area (Å²) in [4.78, 5) is 25.3. The second kappa shape index (κ2) is 4.16. The van der Waals surface area contributed by atoms with Crippen molar-refractivity contribution in [2.45, 2.75) is 18.6 Å². The van der Waals surface area contributed by atoms with Gasteiger partial charge in [0, 0.05) is 0 Å². The van der Waals surface area contributed by atoms with Crippen LogP contribution in [0.2, 0.25) is 0 Å². The molecule has 0 aliphatic carbocycles. The van der Waals surface area contributed by atoms with Crippen LogP contribution in [-0.4, -0.2) is 43.9 Å². The van der Waals surface area contributed by atoms with E-state index in [1.165, 1.54) is 5.32 Å². The summed E-state index contributed by atoms with van der Waals surface area (Å²) in [7, 11) is 0. The van der Waals surface area contributed by atoms with Crippen LogP contribution in [0.1, 0.15) is 17.5 Å². The highest BCUT2D eigenvalue weighted by Gasteiger charge is 2.58. The van der Waals surface area contributed by atoms with E-state index in [9.17, 15) is 22.8 Å². The van der Waals surface area contributed by atoms with E-state index in [2.05, 4.69) is 10.1 Å². The molecule has 0 saturated carbocycles. The number of carbonyl (C=O) groups excluding carboxylic acids is 1. The molecule has 1 heterocycles. The summed E-state index contributed by atoms with van der Waals surface area (Å²) in [6.07, 6.45) is -5.18. The minimum atomic E-state index is -5.18. The molecule has 1 amide bonds. The standard InChI is InChI=1S/C7H8F3N5O3/c1-6(4(17)18,7(8,9)10)13-3(16)2-12-5(11)15-14-2/h1H3,(H,13,16)(H,17,18)(H3,11,12,14,15). The van der Waals surface area contributed by atoms with Gasteiger partial charge in [0.05, 0.1) is 0 Å². The number of aromatic nitrogens is 3. The second-order valence-corrected chi connectivity index (χ2v) is 3.42. The average molecular weight is 267 g/mol. The van der Waals surface area contributed by atoms with E-state index >= 15 is 0 Å². The number of H-pyrrole nitrogens is 1. The number of carboxylic acids is 1. The van der Waals surface area contributed by atoms with Crippen molar-refractivity contribution in [2.75, 3.05) is 5.73 Å². The van der Waals surface area contributed by atoms with Crippen LogP contribution in [0.5, 0.6) is 0 Å². The maximum absolute atomic E-state index is 12.6. The molecule has 8 nitrogen and oxygen atoms in total. The number of aromatic amines is 1. The number of aliphatic carboxylic acids is 1. The second-order valence-electron chi connectivity index (χ2n) is 3.42. The Morgan fingerprint density at radius 1 is 1.44 bits per heavy atom. The molecule has 1 aromatic rings. The molecule has 1 atom stereocenters. The van der Waals surface area contributed by atoms with Crippen LogP contribution in [-0.2, 0) is 4.79 Å². The molecule has 1 aromatic heterocycles. The van der Waals surface area contributed by atoms with Gasteiger partial charge in [-0.25, -0.2) is 4.79 Å². The Kier molecular flexibility index (Phi) is 3.17. The molecule has 18 heavy (non-hydrogen) atoms. The number of nitrogens with zero attached hydrogens (tertiary/aromatic N) is 2. The van der Waals surface area contributed by atoms with Gasteiger partial charge in [0.1, 0.15) is 0 Å². The number of hydrogen-bond acceptors (Lipinski definition) is 5. The molecule has 5 N–H and O–H groups in total. The molecule has 1 rings (SSSR count). The number of halogens is 3. The minimum Gasteiger partial charge on any atom is -0.479 e.